The van der Waals surface area contributed by atoms with Gasteiger partial charge in [0.1, 0.15) is 10.6 Å². The topological polar surface area (TPSA) is 78.9 Å². The number of methoxy groups -OCH3 is 1. The Labute approximate surface area is 176 Å². The largest absolute Gasteiger partial charge is 0.467 e. The van der Waals surface area contributed by atoms with Gasteiger partial charge in [0.05, 0.1) is 13.7 Å². The van der Waals surface area contributed by atoms with Gasteiger partial charge in [-0.1, -0.05) is 60.2 Å². The highest BCUT2D eigenvalue weighted by atomic mass is 32.2. The van der Waals surface area contributed by atoms with Crippen LogP contribution in [0.3, 0.4) is 0 Å². The van der Waals surface area contributed by atoms with Crippen molar-refractivity contribution in [2.45, 2.75) is 24.5 Å². The van der Waals surface area contributed by atoms with E-state index in [1.807, 2.05) is 37.3 Å². The highest BCUT2D eigenvalue weighted by Gasteiger charge is 2.24. The molecule has 1 unspecified atom stereocenters. The molecular formula is C23H22O6S. The Morgan fingerprint density at radius 3 is 2.30 bits per heavy atom. The molecular weight excluding hydrogens is 404 g/mol. The summed E-state index contributed by atoms with van der Waals surface area (Å²) < 4.78 is 41.0. The summed E-state index contributed by atoms with van der Waals surface area (Å²) in [7, 11) is -2.74. The number of aryl methyl sites for hydroxylation is 1. The van der Waals surface area contributed by atoms with E-state index in [1.54, 1.807) is 24.3 Å². The molecule has 0 heterocycles. The van der Waals surface area contributed by atoms with E-state index in [4.69, 9.17) is 13.7 Å². The van der Waals surface area contributed by atoms with E-state index in [2.05, 4.69) is 0 Å². The number of benzene rings is 3. The van der Waals surface area contributed by atoms with Gasteiger partial charge in [0.2, 0.25) is 0 Å². The zero-order valence-electron chi connectivity index (χ0n) is 16.6. The molecule has 3 aromatic rings. The Kier molecular flexibility index (Phi) is 6.87. The van der Waals surface area contributed by atoms with Crippen LogP contribution in [0.15, 0.2) is 83.8 Å². The third-order valence-electron chi connectivity index (χ3n) is 4.35. The fourth-order valence-corrected chi connectivity index (χ4v) is 3.69. The van der Waals surface area contributed by atoms with Crippen LogP contribution in [0.4, 0.5) is 0 Å². The third kappa shape index (κ3) is 5.46. The number of carbonyl (C=O) groups excluding carboxylic acids is 1. The standard InChI is InChI=1S/C23H22O6S/c1-17-11-13-21(14-12-17)30(25,26)29-20-10-6-9-19(15-20)22(23(24)27-2)28-16-18-7-4-3-5-8-18/h3-15,22H,16H2,1-2H3. The van der Waals surface area contributed by atoms with Gasteiger partial charge >= 0.3 is 16.1 Å². The SMILES string of the molecule is COC(=O)C(OCc1ccccc1)c1cccc(OS(=O)(=O)c2ccc(C)cc2)c1. The van der Waals surface area contributed by atoms with E-state index in [-0.39, 0.29) is 17.3 Å². The maximum atomic E-state index is 12.5. The van der Waals surface area contributed by atoms with Crippen molar-refractivity contribution in [1.29, 1.82) is 0 Å². The van der Waals surface area contributed by atoms with Crippen LogP contribution in [0.2, 0.25) is 0 Å². The van der Waals surface area contributed by atoms with Gasteiger partial charge in [-0.3, -0.25) is 0 Å². The van der Waals surface area contributed by atoms with Crippen molar-refractivity contribution >= 4 is 16.1 Å². The normalized spacial score (nSPS) is 12.2. The summed E-state index contributed by atoms with van der Waals surface area (Å²) in [6, 6.07) is 21.9. The van der Waals surface area contributed by atoms with Gasteiger partial charge < -0.3 is 13.7 Å². The maximum Gasteiger partial charge on any atom is 0.339 e. The summed E-state index contributed by atoms with van der Waals surface area (Å²) in [5.74, 6) is -0.519. The minimum atomic E-state index is -4.01. The van der Waals surface area contributed by atoms with E-state index in [0.717, 1.165) is 11.1 Å². The van der Waals surface area contributed by atoms with E-state index in [1.165, 1.54) is 31.4 Å². The van der Waals surface area contributed by atoms with Crippen LogP contribution in [0.25, 0.3) is 0 Å². The van der Waals surface area contributed by atoms with Gasteiger partial charge in [-0.05, 0) is 42.3 Å². The highest BCUT2D eigenvalue weighted by Crippen LogP contribution is 2.26. The number of rotatable bonds is 8. The zero-order valence-corrected chi connectivity index (χ0v) is 17.5. The lowest BCUT2D eigenvalue weighted by Gasteiger charge is -2.17. The molecule has 30 heavy (non-hydrogen) atoms. The highest BCUT2D eigenvalue weighted by molar-refractivity contribution is 7.87. The molecule has 6 nitrogen and oxygen atoms in total. The summed E-state index contributed by atoms with van der Waals surface area (Å²) in [5, 5.41) is 0. The number of hydrogen-bond donors (Lipinski definition) is 0. The molecule has 0 radical (unpaired) electrons. The van der Waals surface area contributed by atoms with Crippen molar-refractivity contribution < 1.29 is 26.9 Å². The Morgan fingerprint density at radius 2 is 1.63 bits per heavy atom. The summed E-state index contributed by atoms with van der Waals surface area (Å²) in [6.45, 7) is 2.05. The van der Waals surface area contributed by atoms with E-state index in [9.17, 15) is 13.2 Å². The lowest BCUT2D eigenvalue weighted by atomic mass is 10.1. The predicted octanol–water partition coefficient (Wildman–Crippen LogP) is 4.19. The van der Waals surface area contributed by atoms with Gasteiger partial charge in [0.15, 0.2) is 6.10 Å². The first-order chi connectivity index (χ1) is 14.4. The number of carbonyl (C=O) groups is 1. The maximum absolute atomic E-state index is 12.5. The molecule has 7 heteroatoms. The molecule has 0 bridgehead atoms. The quantitative estimate of drug-likeness (QED) is 0.397. The van der Waals surface area contributed by atoms with Crippen LogP contribution in [-0.4, -0.2) is 21.5 Å². The van der Waals surface area contributed by atoms with Crippen LogP contribution in [0, 0.1) is 6.92 Å². The lowest BCUT2D eigenvalue weighted by molar-refractivity contribution is -0.155. The molecule has 0 N–H and O–H groups in total. The lowest BCUT2D eigenvalue weighted by Crippen LogP contribution is -2.18. The van der Waals surface area contributed by atoms with Gasteiger partial charge in [0.25, 0.3) is 0 Å². The first-order valence-corrected chi connectivity index (χ1v) is 10.6. The summed E-state index contributed by atoms with van der Waals surface area (Å²) in [5.41, 5.74) is 2.25. The van der Waals surface area contributed by atoms with E-state index in [0.29, 0.717) is 5.56 Å². The average molecular weight is 426 g/mol. The Balaban J connectivity index is 1.81. The first kappa shape index (κ1) is 21.5. The Morgan fingerprint density at radius 1 is 0.933 bits per heavy atom. The molecule has 0 spiro atoms. The van der Waals surface area contributed by atoms with Crippen LogP contribution in [-0.2, 0) is 31.0 Å². The fourth-order valence-electron chi connectivity index (χ4n) is 2.77. The molecule has 0 amide bonds. The van der Waals surface area contributed by atoms with Crippen LogP contribution in [0.1, 0.15) is 22.8 Å². The average Bonchev–Trinajstić information content (AvgIpc) is 2.74. The van der Waals surface area contributed by atoms with E-state index >= 15 is 0 Å². The Hall–Kier alpha value is -3.16. The molecule has 0 aromatic heterocycles. The van der Waals surface area contributed by atoms with Crippen LogP contribution >= 0.6 is 0 Å². The molecule has 0 saturated heterocycles. The van der Waals surface area contributed by atoms with Crippen molar-refractivity contribution in [1.82, 2.24) is 0 Å². The molecule has 0 aliphatic heterocycles. The predicted molar refractivity (Wildman–Crippen MR) is 111 cm³/mol. The van der Waals surface area contributed by atoms with Gasteiger partial charge in [-0.2, -0.15) is 8.42 Å². The van der Waals surface area contributed by atoms with E-state index < -0.39 is 22.2 Å². The first-order valence-electron chi connectivity index (χ1n) is 9.23. The van der Waals surface area contributed by atoms with Crippen LogP contribution < -0.4 is 4.18 Å². The zero-order chi connectivity index (χ0) is 21.6. The minimum Gasteiger partial charge on any atom is -0.467 e. The summed E-state index contributed by atoms with van der Waals surface area (Å²) in [6.07, 6.45) is -1.03. The summed E-state index contributed by atoms with van der Waals surface area (Å²) >= 11 is 0. The molecule has 0 fully saturated rings. The second-order valence-corrected chi connectivity index (χ2v) is 8.17. The summed E-state index contributed by atoms with van der Waals surface area (Å²) in [4.78, 5) is 12.3. The molecule has 1 atom stereocenters. The molecule has 0 aliphatic carbocycles. The monoisotopic (exact) mass is 426 g/mol. The van der Waals surface area contributed by atoms with Gasteiger partial charge in [0, 0.05) is 0 Å². The fraction of sp³-hybridized carbons (Fsp3) is 0.174. The number of esters is 1. The molecule has 3 rings (SSSR count). The number of ether oxygens (including phenoxy) is 2. The number of hydrogen-bond acceptors (Lipinski definition) is 6. The second kappa shape index (κ2) is 9.56. The van der Waals surface area contributed by atoms with Gasteiger partial charge in [-0.25, -0.2) is 4.79 Å². The third-order valence-corrected chi connectivity index (χ3v) is 5.61. The van der Waals surface area contributed by atoms with Crippen molar-refractivity contribution in [2.75, 3.05) is 7.11 Å². The molecule has 3 aromatic carbocycles. The smallest absolute Gasteiger partial charge is 0.339 e. The second-order valence-electron chi connectivity index (χ2n) is 6.62. The van der Waals surface area contributed by atoms with Crippen LogP contribution in [0.5, 0.6) is 5.75 Å². The minimum absolute atomic E-state index is 0.0448. The molecule has 0 aliphatic rings. The van der Waals surface area contributed by atoms with Gasteiger partial charge in [-0.15, -0.1) is 0 Å². The van der Waals surface area contributed by atoms with Crippen molar-refractivity contribution in [2.24, 2.45) is 0 Å². The molecule has 0 saturated carbocycles. The molecule has 156 valence electrons. The van der Waals surface area contributed by atoms with Crippen molar-refractivity contribution in [3.63, 3.8) is 0 Å². The Bertz CT molecular complexity index is 1090. The van der Waals surface area contributed by atoms with Crippen molar-refractivity contribution in [3.05, 3.63) is 95.6 Å². The van der Waals surface area contributed by atoms with Crippen molar-refractivity contribution in [3.8, 4) is 5.75 Å².